The van der Waals surface area contributed by atoms with Gasteiger partial charge in [-0.05, 0) is 39.0 Å². The zero-order valence-corrected chi connectivity index (χ0v) is 10.4. The smallest absolute Gasteiger partial charge is 0.269 e. The molecule has 5 heteroatoms. The molecule has 0 radical (unpaired) electrons. The maximum atomic E-state index is 10.4. The van der Waals surface area contributed by atoms with Gasteiger partial charge in [0.15, 0.2) is 0 Å². The van der Waals surface area contributed by atoms with Gasteiger partial charge in [-0.2, -0.15) is 0 Å². The predicted molar refractivity (Wildman–Crippen MR) is 67.2 cm³/mol. The normalized spacial score (nSPS) is 9.94. The minimum absolute atomic E-state index is 0. The van der Waals surface area contributed by atoms with E-state index in [-0.39, 0.29) is 23.0 Å². The van der Waals surface area contributed by atoms with Crippen LogP contribution in [0, 0.1) is 10.1 Å². The van der Waals surface area contributed by atoms with Gasteiger partial charge in [0.25, 0.3) is 5.69 Å². The maximum Gasteiger partial charge on any atom is 0.269 e. The van der Waals surface area contributed by atoms with Crippen LogP contribution >= 0.6 is 12.4 Å². The van der Waals surface area contributed by atoms with Crippen LogP contribution in [0.2, 0.25) is 0 Å². The molecule has 0 unspecified atom stereocenters. The second-order valence-corrected chi connectivity index (χ2v) is 3.83. The van der Waals surface area contributed by atoms with Gasteiger partial charge in [0.05, 0.1) is 4.92 Å². The molecule has 1 aromatic rings. The molecule has 0 aromatic heterocycles. The summed E-state index contributed by atoms with van der Waals surface area (Å²) in [6.07, 6.45) is 2.04. The first-order chi connectivity index (χ1) is 7.09. The molecule has 16 heavy (non-hydrogen) atoms. The summed E-state index contributed by atoms with van der Waals surface area (Å²) in [6, 6.07) is 6.78. The average molecular weight is 245 g/mol. The first-order valence-electron chi connectivity index (χ1n) is 4.97. The zero-order valence-electron chi connectivity index (χ0n) is 9.55. The zero-order chi connectivity index (χ0) is 11.3. The topological polar surface area (TPSA) is 46.4 Å². The van der Waals surface area contributed by atoms with Crippen molar-refractivity contribution < 1.29 is 4.92 Å². The second kappa shape index (κ2) is 7.19. The highest BCUT2D eigenvalue weighted by atomic mass is 35.5. The molecule has 0 heterocycles. The molecule has 1 aromatic carbocycles. The highest BCUT2D eigenvalue weighted by Crippen LogP contribution is 2.12. The fourth-order valence-corrected chi connectivity index (χ4v) is 1.38. The maximum absolute atomic E-state index is 10.4. The molecule has 0 aliphatic carbocycles. The van der Waals surface area contributed by atoms with Crippen molar-refractivity contribution in [3.8, 4) is 0 Å². The summed E-state index contributed by atoms with van der Waals surface area (Å²) < 4.78 is 0. The van der Waals surface area contributed by atoms with E-state index in [0.29, 0.717) is 0 Å². The van der Waals surface area contributed by atoms with Crippen LogP contribution in [0.3, 0.4) is 0 Å². The van der Waals surface area contributed by atoms with Crippen LogP contribution in [0.5, 0.6) is 0 Å². The van der Waals surface area contributed by atoms with Crippen LogP contribution in [0.25, 0.3) is 0 Å². The number of halogens is 1. The largest absolute Gasteiger partial charge is 0.309 e. The van der Waals surface area contributed by atoms with Crippen molar-refractivity contribution in [3.05, 3.63) is 39.9 Å². The summed E-state index contributed by atoms with van der Waals surface area (Å²) >= 11 is 0. The lowest BCUT2D eigenvalue weighted by atomic mass is 10.1. The first kappa shape index (κ1) is 14.9. The Morgan fingerprint density at radius 2 is 1.81 bits per heavy atom. The van der Waals surface area contributed by atoms with Crippen molar-refractivity contribution in [2.24, 2.45) is 0 Å². The summed E-state index contributed by atoms with van der Waals surface area (Å²) in [5, 5.41) is 10.4. The molecule has 90 valence electrons. The summed E-state index contributed by atoms with van der Waals surface area (Å²) in [7, 11) is 4.08. The molecular formula is C11H17ClN2O2. The summed E-state index contributed by atoms with van der Waals surface area (Å²) in [6.45, 7) is 1.04. The third-order valence-corrected chi connectivity index (χ3v) is 2.22. The van der Waals surface area contributed by atoms with Crippen molar-refractivity contribution >= 4 is 18.1 Å². The quantitative estimate of drug-likeness (QED) is 0.591. The van der Waals surface area contributed by atoms with Gasteiger partial charge in [-0.3, -0.25) is 10.1 Å². The third-order valence-electron chi connectivity index (χ3n) is 2.22. The van der Waals surface area contributed by atoms with Crippen LogP contribution in [0.15, 0.2) is 24.3 Å². The molecule has 0 spiro atoms. The van der Waals surface area contributed by atoms with E-state index in [9.17, 15) is 10.1 Å². The molecule has 0 amide bonds. The van der Waals surface area contributed by atoms with Crippen LogP contribution in [0.4, 0.5) is 5.69 Å². The number of hydrogen-bond donors (Lipinski definition) is 0. The van der Waals surface area contributed by atoms with Gasteiger partial charge in [-0.1, -0.05) is 12.1 Å². The van der Waals surface area contributed by atoms with Crippen LogP contribution in [-0.2, 0) is 6.42 Å². The monoisotopic (exact) mass is 244 g/mol. The summed E-state index contributed by atoms with van der Waals surface area (Å²) in [5.41, 5.74) is 1.31. The number of nitrogens with zero attached hydrogens (tertiary/aromatic N) is 2. The van der Waals surface area contributed by atoms with Crippen LogP contribution in [0.1, 0.15) is 12.0 Å². The van der Waals surface area contributed by atoms with Gasteiger partial charge in [0.1, 0.15) is 0 Å². The van der Waals surface area contributed by atoms with E-state index in [2.05, 4.69) is 4.90 Å². The van der Waals surface area contributed by atoms with E-state index < -0.39 is 0 Å². The lowest BCUT2D eigenvalue weighted by molar-refractivity contribution is -0.384. The number of benzene rings is 1. The SMILES string of the molecule is CN(C)CCCc1ccc([N+](=O)[O-])cc1.Cl. The van der Waals surface area contributed by atoms with Gasteiger partial charge in [0.2, 0.25) is 0 Å². The first-order valence-corrected chi connectivity index (χ1v) is 4.97. The van der Waals surface area contributed by atoms with Crippen molar-refractivity contribution in [3.63, 3.8) is 0 Å². The predicted octanol–water partition coefficient (Wildman–Crippen LogP) is 2.51. The molecule has 0 atom stereocenters. The highest BCUT2D eigenvalue weighted by molar-refractivity contribution is 5.85. The number of nitro groups is 1. The fourth-order valence-electron chi connectivity index (χ4n) is 1.38. The number of aryl methyl sites for hydroxylation is 1. The number of rotatable bonds is 5. The lowest BCUT2D eigenvalue weighted by Gasteiger charge is -2.08. The standard InChI is InChI=1S/C11H16N2O2.ClH/c1-12(2)9-3-4-10-5-7-11(8-6-10)13(14)15;/h5-8H,3-4,9H2,1-2H3;1H. The third kappa shape index (κ3) is 5.09. The van der Waals surface area contributed by atoms with E-state index in [4.69, 9.17) is 0 Å². The molecule has 0 saturated carbocycles. The van der Waals surface area contributed by atoms with Gasteiger partial charge in [0, 0.05) is 12.1 Å². The minimum atomic E-state index is -0.371. The number of hydrogen-bond acceptors (Lipinski definition) is 3. The van der Waals surface area contributed by atoms with Gasteiger partial charge >= 0.3 is 0 Å². The van der Waals surface area contributed by atoms with E-state index in [1.807, 2.05) is 26.2 Å². The van der Waals surface area contributed by atoms with E-state index in [1.165, 1.54) is 0 Å². The minimum Gasteiger partial charge on any atom is -0.309 e. The summed E-state index contributed by atoms with van der Waals surface area (Å²) in [5.74, 6) is 0. The Bertz CT molecular complexity index is 325. The average Bonchev–Trinajstić information content (AvgIpc) is 2.18. The number of non-ortho nitro benzene ring substituents is 1. The van der Waals surface area contributed by atoms with Crippen molar-refractivity contribution in [1.82, 2.24) is 4.90 Å². The van der Waals surface area contributed by atoms with Crippen molar-refractivity contribution in [2.75, 3.05) is 20.6 Å². The molecule has 0 fully saturated rings. The lowest BCUT2D eigenvalue weighted by Crippen LogP contribution is -2.13. The van der Waals surface area contributed by atoms with Crippen LogP contribution < -0.4 is 0 Å². The molecule has 0 N–H and O–H groups in total. The summed E-state index contributed by atoms with van der Waals surface area (Å²) in [4.78, 5) is 12.2. The van der Waals surface area contributed by atoms with Crippen molar-refractivity contribution in [1.29, 1.82) is 0 Å². The molecule has 0 aliphatic rings. The second-order valence-electron chi connectivity index (χ2n) is 3.83. The van der Waals surface area contributed by atoms with E-state index >= 15 is 0 Å². The molecule has 1 rings (SSSR count). The fraction of sp³-hybridized carbons (Fsp3) is 0.455. The highest BCUT2D eigenvalue weighted by Gasteiger charge is 2.03. The Morgan fingerprint density at radius 1 is 1.25 bits per heavy atom. The van der Waals surface area contributed by atoms with Gasteiger partial charge in [-0.25, -0.2) is 0 Å². The van der Waals surface area contributed by atoms with E-state index in [1.54, 1.807) is 12.1 Å². The Kier molecular flexibility index (Phi) is 6.69. The van der Waals surface area contributed by atoms with Gasteiger partial charge < -0.3 is 4.90 Å². The molecular weight excluding hydrogens is 228 g/mol. The Balaban J connectivity index is 0.00000225. The van der Waals surface area contributed by atoms with E-state index in [0.717, 1.165) is 24.9 Å². The Morgan fingerprint density at radius 3 is 2.25 bits per heavy atom. The van der Waals surface area contributed by atoms with Crippen LogP contribution in [-0.4, -0.2) is 30.5 Å². The Hall–Kier alpha value is -1.13. The molecule has 0 saturated heterocycles. The molecule has 0 bridgehead atoms. The number of nitro benzene ring substituents is 1. The van der Waals surface area contributed by atoms with Crippen molar-refractivity contribution in [2.45, 2.75) is 12.8 Å². The Labute approximate surface area is 102 Å². The molecule has 4 nitrogen and oxygen atoms in total. The molecule has 0 aliphatic heterocycles. The van der Waals surface area contributed by atoms with Gasteiger partial charge in [-0.15, -0.1) is 12.4 Å².